The van der Waals surface area contributed by atoms with E-state index < -0.39 is 5.97 Å². The molecule has 1 aromatic carbocycles. The predicted molar refractivity (Wildman–Crippen MR) is 73.3 cm³/mol. The van der Waals surface area contributed by atoms with Gasteiger partial charge in [0, 0.05) is 18.3 Å². The van der Waals surface area contributed by atoms with Crippen molar-refractivity contribution < 1.29 is 9.90 Å². The van der Waals surface area contributed by atoms with Gasteiger partial charge in [0.2, 0.25) is 0 Å². The van der Waals surface area contributed by atoms with E-state index in [-0.39, 0.29) is 12.3 Å². The number of hydrogen-bond acceptors (Lipinski definition) is 2. The van der Waals surface area contributed by atoms with Crippen LogP contribution < -0.4 is 4.90 Å². The Balaban J connectivity index is 2.21. The van der Waals surface area contributed by atoms with Gasteiger partial charge < -0.3 is 10.0 Å². The first-order chi connectivity index (χ1) is 8.49. The molecule has 0 spiro atoms. The van der Waals surface area contributed by atoms with Crippen molar-refractivity contribution >= 4 is 11.7 Å². The zero-order valence-electron chi connectivity index (χ0n) is 11.3. The summed E-state index contributed by atoms with van der Waals surface area (Å²) in [5, 5.41) is 8.85. The lowest BCUT2D eigenvalue weighted by atomic mass is 9.95. The number of aliphatic carboxylic acids is 1. The molecular formula is C15H21NO2. The minimum Gasteiger partial charge on any atom is -0.481 e. The number of anilines is 1. The van der Waals surface area contributed by atoms with Crippen molar-refractivity contribution in [2.75, 3.05) is 11.4 Å². The number of carboxylic acid groups (broad SMARTS) is 1. The monoisotopic (exact) mass is 247 g/mol. The van der Waals surface area contributed by atoms with E-state index in [9.17, 15) is 4.79 Å². The Morgan fingerprint density at radius 1 is 1.39 bits per heavy atom. The lowest BCUT2D eigenvalue weighted by Gasteiger charge is -2.24. The van der Waals surface area contributed by atoms with E-state index in [1.807, 2.05) is 6.92 Å². The Hall–Kier alpha value is -1.51. The number of fused-ring (bicyclic) bond motifs is 1. The van der Waals surface area contributed by atoms with E-state index in [4.69, 9.17) is 5.11 Å². The molecule has 0 aliphatic carbocycles. The summed E-state index contributed by atoms with van der Waals surface area (Å²) in [5.74, 6) is -0.646. The molecule has 1 aliphatic heterocycles. The minimum absolute atomic E-state index is 0.0842. The van der Waals surface area contributed by atoms with E-state index in [1.54, 1.807) is 0 Å². The summed E-state index contributed by atoms with van der Waals surface area (Å²) in [6.07, 6.45) is 1.27. The number of rotatable bonds is 4. The van der Waals surface area contributed by atoms with E-state index in [1.165, 1.54) is 11.3 Å². The van der Waals surface area contributed by atoms with Gasteiger partial charge in [-0.1, -0.05) is 19.1 Å². The smallest absolute Gasteiger partial charge is 0.303 e. The third-order valence-electron chi connectivity index (χ3n) is 3.71. The van der Waals surface area contributed by atoms with Crippen molar-refractivity contribution in [1.29, 1.82) is 0 Å². The molecule has 18 heavy (non-hydrogen) atoms. The van der Waals surface area contributed by atoms with Crippen LogP contribution in [0.25, 0.3) is 0 Å². The van der Waals surface area contributed by atoms with Gasteiger partial charge in [0.25, 0.3) is 0 Å². The van der Waals surface area contributed by atoms with Crippen LogP contribution in [0.2, 0.25) is 0 Å². The molecule has 0 saturated heterocycles. The number of carboxylic acids is 1. The first kappa shape index (κ1) is 12.9. The standard InChI is InChI=1S/C15H21NO2/c1-10(2)16-7-6-13-9-12(4-5-14(13)16)11(3)8-15(17)18/h4-5,9-11H,6-8H2,1-3H3,(H,17,18). The van der Waals surface area contributed by atoms with Crippen molar-refractivity contribution in [3.05, 3.63) is 29.3 Å². The molecule has 0 bridgehead atoms. The van der Waals surface area contributed by atoms with Crippen LogP contribution in [0.4, 0.5) is 5.69 Å². The van der Waals surface area contributed by atoms with Crippen LogP contribution in [-0.2, 0) is 11.2 Å². The fourth-order valence-electron chi connectivity index (χ4n) is 2.67. The molecule has 98 valence electrons. The summed E-state index contributed by atoms with van der Waals surface area (Å²) in [6, 6.07) is 6.93. The lowest BCUT2D eigenvalue weighted by molar-refractivity contribution is -0.137. The number of benzene rings is 1. The van der Waals surface area contributed by atoms with Crippen LogP contribution in [0.1, 0.15) is 44.2 Å². The molecule has 1 unspecified atom stereocenters. The SMILES string of the molecule is CC(CC(=O)O)c1ccc2c(c1)CCN2C(C)C. The van der Waals surface area contributed by atoms with Crippen LogP contribution in [-0.4, -0.2) is 23.7 Å². The quantitative estimate of drug-likeness (QED) is 0.889. The third-order valence-corrected chi connectivity index (χ3v) is 3.71. The molecule has 3 heteroatoms. The van der Waals surface area contributed by atoms with Gasteiger partial charge in [0.05, 0.1) is 6.42 Å². The van der Waals surface area contributed by atoms with Crippen molar-refractivity contribution in [3.63, 3.8) is 0 Å². The van der Waals surface area contributed by atoms with Crippen LogP contribution >= 0.6 is 0 Å². The highest BCUT2D eigenvalue weighted by Gasteiger charge is 2.22. The highest BCUT2D eigenvalue weighted by Crippen LogP contribution is 2.32. The van der Waals surface area contributed by atoms with Crippen LogP contribution in [0.3, 0.4) is 0 Å². The average molecular weight is 247 g/mol. The van der Waals surface area contributed by atoms with Gasteiger partial charge in [-0.05, 0) is 43.4 Å². The zero-order valence-corrected chi connectivity index (χ0v) is 11.3. The van der Waals surface area contributed by atoms with Crippen LogP contribution in [0.5, 0.6) is 0 Å². The molecule has 1 heterocycles. The second-order valence-electron chi connectivity index (χ2n) is 5.42. The largest absolute Gasteiger partial charge is 0.481 e. The highest BCUT2D eigenvalue weighted by molar-refractivity contribution is 5.68. The molecule has 0 amide bonds. The fraction of sp³-hybridized carbons (Fsp3) is 0.533. The third kappa shape index (κ3) is 2.50. The molecule has 1 N–H and O–H groups in total. The van der Waals surface area contributed by atoms with Gasteiger partial charge >= 0.3 is 5.97 Å². The summed E-state index contributed by atoms with van der Waals surface area (Å²) in [6.45, 7) is 7.46. The number of nitrogens with zero attached hydrogens (tertiary/aromatic N) is 1. The molecule has 2 rings (SSSR count). The molecular weight excluding hydrogens is 226 g/mol. The van der Waals surface area contributed by atoms with Gasteiger partial charge in [0.15, 0.2) is 0 Å². The molecule has 1 aromatic rings. The maximum Gasteiger partial charge on any atom is 0.303 e. The number of hydrogen-bond donors (Lipinski definition) is 1. The summed E-state index contributed by atoms with van der Waals surface area (Å²) in [7, 11) is 0. The normalized spacial score (nSPS) is 15.9. The Morgan fingerprint density at radius 2 is 2.11 bits per heavy atom. The van der Waals surface area contributed by atoms with E-state index in [0.29, 0.717) is 6.04 Å². The second-order valence-corrected chi connectivity index (χ2v) is 5.42. The van der Waals surface area contributed by atoms with Gasteiger partial charge in [-0.15, -0.1) is 0 Å². The van der Waals surface area contributed by atoms with Crippen molar-refractivity contribution in [3.8, 4) is 0 Å². The van der Waals surface area contributed by atoms with Crippen molar-refractivity contribution in [1.82, 2.24) is 0 Å². The molecule has 1 atom stereocenters. The molecule has 3 nitrogen and oxygen atoms in total. The predicted octanol–water partition coefficient (Wildman–Crippen LogP) is 3.04. The van der Waals surface area contributed by atoms with E-state index in [0.717, 1.165) is 18.5 Å². The van der Waals surface area contributed by atoms with E-state index >= 15 is 0 Å². The highest BCUT2D eigenvalue weighted by atomic mass is 16.4. The van der Waals surface area contributed by atoms with E-state index in [2.05, 4.69) is 36.9 Å². The molecule has 1 aliphatic rings. The lowest BCUT2D eigenvalue weighted by Crippen LogP contribution is -2.28. The van der Waals surface area contributed by atoms with Gasteiger partial charge in [0.1, 0.15) is 0 Å². The van der Waals surface area contributed by atoms with Gasteiger partial charge in [-0.3, -0.25) is 4.79 Å². The van der Waals surface area contributed by atoms with Crippen molar-refractivity contribution in [2.45, 2.75) is 45.6 Å². The maximum atomic E-state index is 10.7. The summed E-state index contributed by atoms with van der Waals surface area (Å²) in [4.78, 5) is 13.2. The molecule has 0 aromatic heterocycles. The Labute approximate surface area is 108 Å². The second kappa shape index (κ2) is 5.01. The summed E-state index contributed by atoms with van der Waals surface area (Å²) in [5.41, 5.74) is 3.82. The fourth-order valence-corrected chi connectivity index (χ4v) is 2.67. The topological polar surface area (TPSA) is 40.5 Å². The first-order valence-electron chi connectivity index (χ1n) is 6.60. The number of carbonyl (C=O) groups is 1. The Kier molecular flexibility index (Phi) is 3.60. The maximum absolute atomic E-state index is 10.7. The molecule has 0 saturated carbocycles. The van der Waals surface area contributed by atoms with Crippen LogP contribution in [0.15, 0.2) is 18.2 Å². The average Bonchev–Trinajstić information content (AvgIpc) is 2.70. The summed E-state index contributed by atoms with van der Waals surface area (Å²) < 4.78 is 0. The van der Waals surface area contributed by atoms with Crippen LogP contribution in [0, 0.1) is 0 Å². The van der Waals surface area contributed by atoms with Crippen molar-refractivity contribution in [2.24, 2.45) is 0 Å². The Morgan fingerprint density at radius 3 is 2.72 bits per heavy atom. The minimum atomic E-state index is -0.730. The summed E-state index contributed by atoms with van der Waals surface area (Å²) >= 11 is 0. The molecule has 0 fully saturated rings. The van der Waals surface area contributed by atoms with Gasteiger partial charge in [-0.2, -0.15) is 0 Å². The first-order valence-corrected chi connectivity index (χ1v) is 6.60. The zero-order chi connectivity index (χ0) is 13.3. The van der Waals surface area contributed by atoms with Gasteiger partial charge in [-0.25, -0.2) is 0 Å². The Bertz CT molecular complexity index is 454. The molecule has 0 radical (unpaired) electrons.